The Bertz CT molecular complexity index is 310. The summed E-state index contributed by atoms with van der Waals surface area (Å²) in [5.41, 5.74) is 1.67. The van der Waals surface area contributed by atoms with E-state index in [0.29, 0.717) is 5.75 Å². The van der Waals surface area contributed by atoms with E-state index in [0.717, 1.165) is 0 Å². The van der Waals surface area contributed by atoms with E-state index in [1.807, 2.05) is 0 Å². The van der Waals surface area contributed by atoms with E-state index < -0.39 is 11.9 Å². The van der Waals surface area contributed by atoms with Crippen molar-refractivity contribution >= 4 is 11.9 Å². The molecule has 13 heavy (non-hydrogen) atoms. The predicted octanol–water partition coefficient (Wildman–Crippen LogP) is -0.418. The Kier molecular flexibility index (Phi) is 2.99. The quantitative estimate of drug-likeness (QED) is 0.154. The van der Waals surface area contributed by atoms with E-state index in [2.05, 4.69) is 4.74 Å². The summed E-state index contributed by atoms with van der Waals surface area (Å²) >= 11 is 0. The van der Waals surface area contributed by atoms with Crippen molar-refractivity contribution in [3.63, 3.8) is 0 Å². The zero-order valence-electron chi connectivity index (χ0n) is 6.69. The van der Waals surface area contributed by atoms with E-state index in [1.54, 1.807) is 35.8 Å². The summed E-state index contributed by atoms with van der Waals surface area (Å²) in [5, 5.41) is 0. The first-order chi connectivity index (χ1) is 6.24. The zero-order chi connectivity index (χ0) is 9.68. The Hall–Kier alpha value is -1.88. The van der Waals surface area contributed by atoms with Gasteiger partial charge in [0.05, 0.1) is 0 Å². The highest BCUT2D eigenvalue weighted by Gasteiger charge is 2.13. The van der Waals surface area contributed by atoms with E-state index in [4.69, 9.17) is 5.84 Å². The van der Waals surface area contributed by atoms with Gasteiger partial charge in [-0.2, -0.15) is 0 Å². The van der Waals surface area contributed by atoms with Gasteiger partial charge in [-0.1, -0.05) is 18.2 Å². The maximum atomic E-state index is 10.8. The minimum Gasteiger partial charge on any atom is -0.419 e. The molecule has 1 amide bonds. The van der Waals surface area contributed by atoms with Crippen LogP contribution in [0.15, 0.2) is 30.3 Å². The van der Waals surface area contributed by atoms with Crippen molar-refractivity contribution in [3.05, 3.63) is 30.3 Å². The van der Waals surface area contributed by atoms with Crippen LogP contribution in [0.2, 0.25) is 0 Å². The molecule has 1 aromatic rings. The average molecular weight is 180 g/mol. The Morgan fingerprint density at radius 2 is 1.85 bits per heavy atom. The van der Waals surface area contributed by atoms with E-state index in [-0.39, 0.29) is 0 Å². The topological polar surface area (TPSA) is 81.4 Å². The third-order valence-electron chi connectivity index (χ3n) is 1.27. The second-order valence-corrected chi connectivity index (χ2v) is 2.18. The van der Waals surface area contributed by atoms with Gasteiger partial charge < -0.3 is 4.74 Å². The van der Waals surface area contributed by atoms with Gasteiger partial charge in [0.2, 0.25) is 0 Å². The molecule has 0 radical (unpaired) electrons. The SMILES string of the molecule is NNC(=O)C(=O)Oc1ccccc1. The van der Waals surface area contributed by atoms with Crippen molar-refractivity contribution in [2.45, 2.75) is 0 Å². The van der Waals surface area contributed by atoms with Crippen molar-refractivity contribution in [3.8, 4) is 5.75 Å². The van der Waals surface area contributed by atoms with Crippen LogP contribution in [0, 0.1) is 0 Å². The highest BCUT2D eigenvalue weighted by atomic mass is 16.5. The molecule has 1 aromatic carbocycles. The van der Waals surface area contributed by atoms with Gasteiger partial charge in [0.15, 0.2) is 0 Å². The highest BCUT2D eigenvalue weighted by molar-refractivity contribution is 6.32. The van der Waals surface area contributed by atoms with Gasteiger partial charge in [0.25, 0.3) is 0 Å². The van der Waals surface area contributed by atoms with Crippen LogP contribution < -0.4 is 16.0 Å². The lowest BCUT2D eigenvalue weighted by Crippen LogP contribution is -2.38. The first-order valence-electron chi connectivity index (χ1n) is 3.52. The first-order valence-corrected chi connectivity index (χ1v) is 3.52. The number of carbonyl (C=O) groups excluding carboxylic acids is 2. The van der Waals surface area contributed by atoms with Crippen molar-refractivity contribution in [2.75, 3.05) is 0 Å². The van der Waals surface area contributed by atoms with Crippen LogP contribution in [0.4, 0.5) is 0 Å². The summed E-state index contributed by atoms with van der Waals surface area (Å²) in [6.45, 7) is 0. The molecule has 0 aromatic heterocycles. The standard InChI is InChI=1S/C8H8N2O3/c9-10-7(11)8(12)13-6-4-2-1-3-5-6/h1-5H,9H2,(H,10,11). The van der Waals surface area contributed by atoms with Gasteiger partial charge >= 0.3 is 11.9 Å². The fourth-order valence-corrected chi connectivity index (χ4v) is 0.701. The number of esters is 1. The molecular weight excluding hydrogens is 172 g/mol. The number of rotatable bonds is 1. The molecule has 0 unspecified atom stereocenters. The van der Waals surface area contributed by atoms with Gasteiger partial charge in [-0.3, -0.25) is 10.2 Å². The fraction of sp³-hybridized carbons (Fsp3) is 0. The van der Waals surface area contributed by atoms with Gasteiger partial charge in [-0.25, -0.2) is 10.6 Å². The van der Waals surface area contributed by atoms with Crippen molar-refractivity contribution in [1.29, 1.82) is 0 Å². The van der Waals surface area contributed by atoms with Gasteiger partial charge in [-0.05, 0) is 12.1 Å². The summed E-state index contributed by atoms with van der Waals surface area (Å²) in [5.74, 6) is 3.01. The van der Waals surface area contributed by atoms with E-state index in [9.17, 15) is 9.59 Å². The lowest BCUT2D eigenvalue weighted by molar-refractivity contribution is -0.148. The maximum absolute atomic E-state index is 10.8. The molecule has 0 saturated carbocycles. The molecule has 0 heterocycles. The molecule has 0 atom stereocenters. The monoisotopic (exact) mass is 180 g/mol. The number of nitrogens with one attached hydrogen (secondary N) is 1. The Labute approximate surface area is 74.5 Å². The molecule has 68 valence electrons. The molecule has 0 saturated heterocycles. The van der Waals surface area contributed by atoms with Crippen LogP contribution in [0.1, 0.15) is 0 Å². The Morgan fingerprint density at radius 1 is 1.23 bits per heavy atom. The van der Waals surface area contributed by atoms with Crippen LogP contribution >= 0.6 is 0 Å². The second-order valence-electron chi connectivity index (χ2n) is 2.18. The lowest BCUT2D eigenvalue weighted by Gasteiger charge is -2.01. The smallest absolute Gasteiger partial charge is 0.403 e. The largest absolute Gasteiger partial charge is 0.419 e. The molecule has 0 bridgehead atoms. The van der Waals surface area contributed by atoms with Crippen LogP contribution in [-0.2, 0) is 9.59 Å². The van der Waals surface area contributed by atoms with Gasteiger partial charge in [0.1, 0.15) is 5.75 Å². The summed E-state index contributed by atoms with van der Waals surface area (Å²) in [6, 6.07) is 8.25. The first kappa shape index (κ1) is 9.21. The number of ether oxygens (including phenoxy) is 1. The van der Waals surface area contributed by atoms with E-state index in [1.165, 1.54) is 0 Å². The highest BCUT2D eigenvalue weighted by Crippen LogP contribution is 2.07. The maximum Gasteiger partial charge on any atom is 0.403 e. The zero-order valence-corrected chi connectivity index (χ0v) is 6.69. The molecule has 5 heteroatoms. The molecule has 0 aliphatic carbocycles. The number of benzene rings is 1. The van der Waals surface area contributed by atoms with Gasteiger partial charge in [0, 0.05) is 0 Å². The summed E-state index contributed by atoms with van der Waals surface area (Å²) in [7, 11) is 0. The number of hydrogen-bond donors (Lipinski definition) is 2. The lowest BCUT2D eigenvalue weighted by atomic mass is 10.3. The number of hydrogen-bond acceptors (Lipinski definition) is 4. The summed E-state index contributed by atoms with van der Waals surface area (Å²) in [4.78, 5) is 21.4. The number of hydrazine groups is 1. The fourth-order valence-electron chi connectivity index (χ4n) is 0.701. The number of nitrogens with two attached hydrogens (primary N) is 1. The second kappa shape index (κ2) is 4.22. The molecule has 3 N–H and O–H groups in total. The minimum atomic E-state index is -1.03. The van der Waals surface area contributed by atoms with Crippen LogP contribution in [-0.4, -0.2) is 11.9 Å². The van der Waals surface area contributed by atoms with Crippen LogP contribution in [0.3, 0.4) is 0 Å². The summed E-state index contributed by atoms with van der Waals surface area (Å²) < 4.78 is 4.64. The predicted molar refractivity (Wildman–Crippen MR) is 44.4 cm³/mol. The van der Waals surface area contributed by atoms with Crippen LogP contribution in [0.25, 0.3) is 0 Å². The normalized spacial score (nSPS) is 9.00. The summed E-state index contributed by atoms with van der Waals surface area (Å²) in [6.07, 6.45) is 0. The molecular formula is C8H8N2O3. The van der Waals surface area contributed by atoms with Crippen molar-refractivity contribution < 1.29 is 14.3 Å². The van der Waals surface area contributed by atoms with E-state index >= 15 is 0 Å². The van der Waals surface area contributed by atoms with Gasteiger partial charge in [-0.15, -0.1) is 0 Å². The third-order valence-corrected chi connectivity index (χ3v) is 1.27. The molecule has 0 fully saturated rings. The molecule has 5 nitrogen and oxygen atoms in total. The van der Waals surface area contributed by atoms with Crippen molar-refractivity contribution in [1.82, 2.24) is 5.43 Å². The number of amides is 1. The average Bonchev–Trinajstić information content (AvgIpc) is 2.18. The Morgan fingerprint density at radius 3 is 2.38 bits per heavy atom. The third kappa shape index (κ3) is 2.57. The minimum absolute atomic E-state index is 0.302. The molecule has 0 aliphatic rings. The molecule has 0 aliphatic heterocycles. The number of para-hydroxylation sites is 1. The van der Waals surface area contributed by atoms with Crippen LogP contribution in [0.5, 0.6) is 5.75 Å². The Balaban J connectivity index is 2.60. The molecule has 0 spiro atoms. The number of carbonyl (C=O) groups is 2. The van der Waals surface area contributed by atoms with Crippen molar-refractivity contribution in [2.24, 2.45) is 5.84 Å². The molecule has 1 rings (SSSR count).